The van der Waals surface area contributed by atoms with Gasteiger partial charge < -0.3 is 15.0 Å². The Morgan fingerprint density at radius 3 is 2.76 bits per heavy atom. The first-order chi connectivity index (χ1) is 9.87. The van der Waals surface area contributed by atoms with E-state index in [0.717, 1.165) is 6.04 Å². The Bertz CT molecular complexity index is 531. The molecule has 0 aliphatic rings. The van der Waals surface area contributed by atoms with Crippen molar-refractivity contribution in [3.05, 3.63) is 17.7 Å². The smallest absolute Gasteiger partial charge is 0.444 e. The number of hydrogen-bond acceptors (Lipinski definition) is 5. The van der Waals surface area contributed by atoms with Crippen LogP contribution >= 0.6 is 0 Å². The van der Waals surface area contributed by atoms with Crippen LogP contribution in [0.5, 0.6) is 0 Å². The normalized spacial score (nSPS) is 11.0. The van der Waals surface area contributed by atoms with Crippen LogP contribution in [0.25, 0.3) is 5.53 Å². The van der Waals surface area contributed by atoms with E-state index in [2.05, 4.69) is 34.5 Å². The summed E-state index contributed by atoms with van der Waals surface area (Å²) < 4.78 is 11.7. The van der Waals surface area contributed by atoms with Crippen molar-refractivity contribution in [3.63, 3.8) is 0 Å². The molecule has 0 fully saturated rings. The van der Waals surface area contributed by atoms with Crippen LogP contribution in [0.1, 0.15) is 12.7 Å². The number of carbonyl (C=O) groups is 1. The van der Waals surface area contributed by atoms with Gasteiger partial charge in [0.2, 0.25) is 0 Å². The zero-order valence-corrected chi connectivity index (χ0v) is 13.9. The second-order valence-electron chi connectivity index (χ2n) is 5.62. The average Bonchev–Trinajstić information content (AvgIpc) is 2.83. The second kappa shape index (κ2) is 7.82. The molecule has 0 unspecified atom stereocenters. The van der Waals surface area contributed by atoms with Crippen molar-refractivity contribution in [3.8, 4) is 0 Å². The molecule has 8 nitrogen and oxygen atoms in total. The predicted octanol–water partition coefficient (Wildman–Crippen LogP) is 1.17. The maximum absolute atomic E-state index is 11.5. The lowest BCUT2D eigenvalue weighted by Crippen LogP contribution is -2.22. The van der Waals surface area contributed by atoms with E-state index in [-0.39, 0.29) is 24.9 Å². The van der Waals surface area contributed by atoms with Crippen LogP contribution in [0.15, 0.2) is 6.33 Å². The molecule has 21 heavy (non-hydrogen) atoms. The summed E-state index contributed by atoms with van der Waals surface area (Å²) in [7, 11) is -1.12. The monoisotopic (exact) mass is 311 g/mol. The lowest BCUT2D eigenvalue weighted by Gasteiger charge is -2.15. The first kappa shape index (κ1) is 17.2. The highest BCUT2D eigenvalue weighted by Gasteiger charge is 2.28. The second-order valence-corrected chi connectivity index (χ2v) is 11.2. The third-order valence-electron chi connectivity index (χ3n) is 2.54. The molecule has 0 saturated carbocycles. The molecule has 0 atom stereocenters. The van der Waals surface area contributed by atoms with Crippen molar-refractivity contribution >= 4 is 19.8 Å². The molecule has 0 aliphatic carbocycles. The van der Waals surface area contributed by atoms with E-state index in [4.69, 9.17) is 15.0 Å². The molecule has 0 N–H and O–H groups in total. The van der Waals surface area contributed by atoms with Gasteiger partial charge in [0.05, 0.1) is 6.61 Å². The molecule has 116 valence electrons. The van der Waals surface area contributed by atoms with Gasteiger partial charge in [0.25, 0.3) is 5.82 Å². The van der Waals surface area contributed by atoms with Crippen molar-refractivity contribution in [2.75, 3.05) is 13.2 Å². The maximum Gasteiger partial charge on any atom is 0.444 e. The molecule has 0 aromatic carbocycles. The Morgan fingerprint density at radius 1 is 1.48 bits per heavy atom. The highest BCUT2D eigenvalue weighted by atomic mass is 28.3. The Labute approximate surface area is 124 Å². The number of nitrogens with zero attached hydrogens (tertiary/aromatic N) is 5. The summed E-state index contributed by atoms with van der Waals surface area (Å²) >= 11 is 0. The van der Waals surface area contributed by atoms with E-state index in [0.29, 0.717) is 6.61 Å². The first-order valence-electron chi connectivity index (χ1n) is 6.74. The zero-order chi connectivity index (χ0) is 15.9. The molecule has 1 rings (SSSR count). The molecule has 0 spiro atoms. The third kappa shape index (κ3) is 5.98. The van der Waals surface area contributed by atoms with Crippen molar-refractivity contribution in [2.45, 2.75) is 39.3 Å². The Balaban J connectivity index is 2.56. The highest BCUT2D eigenvalue weighted by Crippen LogP contribution is 2.07. The number of rotatable bonds is 8. The van der Waals surface area contributed by atoms with Crippen LogP contribution in [0.3, 0.4) is 0 Å². The van der Waals surface area contributed by atoms with Crippen LogP contribution in [-0.2, 0) is 21.0 Å². The van der Waals surface area contributed by atoms with Gasteiger partial charge in [0.1, 0.15) is 13.1 Å². The molecular weight excluding hydrogens is 290 g/mol. The SMILES string of the molecule is CCOC(=O)C(=[N+]=[N-])c1ncn(COCC[Si](C)(C)C)n1. The number of hydrogen-bond donors (Lipinski definition) is 0. The fraction of sp³-hybridized carbons (Fsp3) is 0.667. The van der Waals surface area contributed by atoms with E-state index >= 15 is 0 Å². The number of aromatic nitrogens is 3. The standard InChI is InChI=1S/C12H21N5O3Si/c1-5-20-12(18)10(15-13)11-14-8-17(16-11)9-19-6-7-21(2,3)4/h8H,5-7,9H2,1-4H3. The summed E-state index contributed by atoms with van der Waals surface area (Å²) in [6, 6.07) is 1.06. The molecule has 1 aromatic rings. The first-order valence-corrected chi connectivity index (χ1v) is 10.4. The van der Waals surface area contributed by atoms with Gasteiger partial charge in [-0.25, -0.2) is 14.5 Å². The van der Waals surface area contributed by atoms with Gasteiger partial charge in [-0.05, 0) is 13.0 Å². The van der Waals surface area contributed by atoms with Gasteiger partial charge in [0, 0.05) is 14.7 Å². The fourth-order valence-corrected chi connectivity index (χ4v) is 2.13. The third-order valence-corrected chi connectivity index (χ3v) is 4.24. The maximum atomic E-state index is 11.5. The van der Waals surface area contributed by atoms with Gasteiger partial charge in [-0.3, -0.25) is 0 Å². The molecule has 0 radical (unpaired) electrons. The highest BCUT2D eigenvalue weighted by molar-refractivity contribution is 6.76. The van der Waals surface area contributed by atoms with Crippen LogP contribution in [0, 0.1) is 0 Å². The minimum absolute atomic E-state index is 0.00439. The van der Waals surface area contributed by atoms with E-state index in [9.17, 15) is 4.79 Å². The minimum atomic E-state index is -1.12. The molecule has 0 aliphatic heterocycles. The van der Waals surface area contributed by atoms with Crippen molar-refractivity contribution in [1.82, 2.24) is 14.8 Å². The van der Waals surface area contributed by atoms with Gasteiger partial charge >= 0.3 is 11.7 Å². The topological polar surface area (TPSA) is 103 Å². The number of ether oxygens (including phenoxy) is 2. The van der Waals surface area contributed by atoms with Gasteiger partial charge in [-0.1, -0.05) is 19.6 Å². The molecule has 9 heteroatoms. The Kier molecular flexibility index (Phi) is 6.41. The Morgan fingerprint density at radius 2 is 2.19 bits per heavy atom. The van der Waals surface area contributed by atoms with E-state index in [1.165, 1.54) is 11.0 Å². The fourth-order valence-electron chi connectivity index (χ4n) is 1.38. The van der Waals surface area contributed by atoms with Crippen LogP contribution in [-0.4, -0.2) is 52.5 Å². The van der Waals surface area contributed by atoms with E-state index in [1.54, 1.807) is 6.92 Å². The molecule has 0 saturated heterocycles. The van der Waals surface area contributed by atoms with Gasteiger partial charge in [0.15, 0.2) is 0 Å². The molecule has 1 heterocycles. The van der Waals surface area contributed by atoms with Crippen LogP contribution in [0.2, 0.25) is 25.7 Å². The lowest BCUT2D eigenvalue weighted by atomic mass is 10.3. The lowest BCUT2D eigenvalue weighted by molar-refractivity contribution is -0.139. The quantitative estimate of drug-likeness (QED) is 0.179. The molecule has 1 aromatic heterocycles. The zero-order valence-electron chi connectivity index (χ0n) is 12.9. The summed E-state index contributed by atoms with van der Waals surface area (Å²) in [6.45, 7) is 9.54. The average molecular weight is 311 g/mol. The van der Waals surface area contributed by atoms with Crippen molar-refractivity contribution in [1.29, 1.82) is 0 Å². The van der Waals surface area contributed by atoms with Crippen molar-refractivity contribution < 1.29 is 19.1 Å². The minimum Gasteiger partial charge on any atom is -0.457 e. The summed E-state index contributed by atoms with van der Waals surface area (Å²) in [5.41, 5.74) is 8.54. The summed E-state index contributed by atoms with van der Waals surface area (Å²) in [4.78, 5) is 18.3. The van der Waals surface area contributed by atoms with Gasteiger partial charge in [-0.2, -0.15) is 4.79 Å². The predicted molar refractivity (Wildman–Crippen MR) is 78.5 cm³/mol. The number of esters is 1. The summed E-state index contributed by atoms with van der Waals surface area (Å²) in [6.07, 6.45) is 1.41. The van der Waals surface area contributed by atoms with Crippen LogP contribution < -0.4 is 0 Å². The molecular formula is C12H21N5O3Si. The van der Waals surface area contributed by atoms with Crippen LogP contribution in [0.4, 0.5) is 0 Å². The molecule has 0 bridgehead atoms. The summed E-state index contributed by atoms with van der Waals surface area (Å²) in [5, 5.41) is 4.02. The van der Waals surface area contributed by atoms with E-state index in [1.807, 2.05) is 0 Å². The molecule has 0 amide bonds. The Hall–Kier alpha value is -1.83. The van der Waals surface area contributed by atoms with Crippen molar-refractivity contribution in [2.24, 2.45) is 0 Å². The van der Waals surface area contributed by atoms with E-state index < -0.39 is 14.0 Å². The van der Waals surface area contributed by atoms with Gasteiger partial charge in [-0.15, -0.1) is 5.10 Å². The summed E-state index contributed by atoms with van der Waals surface area (Å²) in [5.74, 6) is -0.762. The largest absolute Gasteiger partial charge is 0.457 e. The number of carbonyl (C=O) groups excluding carboxylic acids is 1.